The van der Waals surface area contributed by atoms with E-state index in [1.165, 1.54) is 0 Å². The Kier molecular flexibility index (Phi) is 2.54. The highest BCUT2D eigenvalue weighted by Crippen LogP contribution is 2.26. The zero-order valence-electron chi connectivity index (χ0n) is 7.54. The van der Waals surface area contributed by atoms with Gasteiger partial charge >= 0.3 is 0 Å². The van der Waals surface area contributed by atoms with Gasteiger partial charge in [-0.3, -0.25) is 0 Å². The highest BCUT2D eigenvalue weighted by molar-refractivity contribution is 5.52. The van der Waals surface area contributed by atoms with E-state index in [0.717, 1.165) is 11.1 Å². The van der Waals surface area contributed by atoms with E-state index >= 15 is 0 Å². The molecular weight excluding hydrogens is 148 g/mol. The predicted octanol–water partition coefficient (Wildman–Crippen LogP) is 3.16. The van der Waals surface area contributed by atoms with Crippen molar-refractivity contribution in [3.8, 4) is 5.75 Å². The van der Waals surface area contributed by atoms with E-state index in [1.54, 1.807) is 12.1 Å². The van der Waals surface area contributed by atoms with Crippen molar-refractivity contribution in [1.29, 1.82) is 0 Å². The minimum Gasteiger partial charge on any atom is -0.508 e. The van der Waals surface area contributed by atoms with Crippen molar-refractivity contribution < 1.29 is 5.11 Å². The molecule has 0 unspecified atom stereocenters. The van der Waals surface area contributed by atoms with Gasteiger partial charge in [-0.1, -0.05) is 32.6 Å². The Hall–Kier alpha value is -1.24. The van der Waals surface area contributed by atoms with E-state index in [-0.39, 0.29) is 0 Å². The largest absolute Gasteiger partial charge is 0.508 e. The Balaban J connectivity index is 3.16. The first kappa shape index (κ1) is 8.85. The summed E-state index contributed by atoms with van der Waals surface area (Å²) in [6.45, 7) is 7.79. The maximum atomic E-state index is 9.47. The predicted molar refractivity (Wildman–Crippen MR) is 52.3 cm³/mol. The molecule has 0 radical (unpaired) electrons. The average Bonchev–Trinajstić information content (AvgIpc) is 2.05. The van der Waals surface area contributed by atoms with Crippen molar-refractivity contribution in [2.75, 3.05) is 0 Å². The number of hydrogen-bond donors (Lipinski definition) is 1. The van der Waals surface area contributed by atoms with Crippen LogP contribution in [0.5, 0.6) is 5.75 Å². The molecule has 0 aliphatic carbocycles. The lowest BCUT2D eigenvalue weighted by Gasteiger charge is -2.08. The molecule has 0 saturated heterocycles. The van der Waals surface area contributed by atoms with Crippen LogP contribution in [0.25, 0.3) is 6.08 Å². The Morgan fingerprint density at radius 1 is 1.42 bits per heavy atom. The highest BCUT2D eigenvalue weighted by atomic mass is 16.3. The molecule has 1 nitrogen and oxygen atoms in total. The summed E-state index contributed by atoms with van der Waals surface area (Å²) in [5.74, 6) is 0.723. The molecule has 64 valence electrons. The number of phenols is 1. The standard InChI is InChI=1S/C11H14O/c1-4-9-5-6-11(12)10(7-9)8(2)3/h4-8,12H,1H2,2-3H3. The zero-order valence-corrected chi connectivity index (χ0v) is 7.54. The normalized spacial score (nSPS) is 10.2. The van der Waals surface area contributed by atoms with Gasteiger partial charge in [0.25, 0.3) is 0 Å². The van der Waals surface area contributed by atoms with Gasteiger partial charge in [0.05, 0.1) is 0 Å². The smallest absolute Gasteiger partial charge is 0.119 e. The van der Waals surface area contributed by atoms with Crippen molar-refractivity contribution in [3.63, 3.8) is 0 Å². The summed E-state index contributed by atoms with van der Waals surface area (Å²) in [6.07, 6.45) is 1.78. The molecule has 1 heteroatoms. The monoisotopic (exact) mass is 162 g/mol. The van der Waals surface area contributed by atoms with Gasteiger partial charge in [-0.15, -0.1) is 0 Å². The van der Waals surface area contributed by atoms with Crippen molar-refractivity contribution in [2.45, 2.75) is 19.8 Å². The molecule has 0 spiro atoms. The number of rotatable bonds is 2. The zero-order chi connectivity index (χ0) is 9.14. The summed E-state index contributed by atoms with van der Waals surface area (Å²) < 4.78 is 0. The molecule has 1 rings (SSSR count). The van der Waals surface area contributed by atoms with Crippen molar-refractivity contribution in [1.82, 2.24) is 0 Å². The maximum Gasteiger partial charge on any atom is 0.119 e. The fourth-order valence-corrected chi connectivity index (χ4v) is 1.16. The lowest BCUT2D eigenvalue weighted by Crippen LogP contribution is -1.88. The second-order valence-electron chi connectivity index (χ2n) is 3.18. The fraction of sp³-hybridized carbons (Fsp3) is 0.273. The quantitative estimate of drug-likeness (QED) is 0.708. The van der Waals surface area contributed by atoms with E-state index in [9.17, 15) is 5.11 Å². The summed E-state index contributed by atoms with van der Waals surface area (Å²) >= 11 is 0. The van der Waals surface area contributed by atoms with E-state index in [4.69, 9.17) is 0 Å². The number of hydrogen-bond acceptors (Lipinski definition) is 1. The minimum atomic E-state index is 0.352. The molecule has 12 heavy (non-hydrogen) atoms. The van der Waals surface area contributed by atoms with Crippen LogP contribution in [-0.4, -0.2) is 5.11 Å². The summed E-state index contributed by atoms with van der Waals surface area (Å²) in [6, 6.07) is 5.54. The van der Waals surface area contributed by atoms with Crippen LogP contribution in [0.1, 0.15) is 30.9 Å². The first-order valence-corrected chi connectivity index (χ1v) is 4.10. The van der Waals surface area contributed by atoms with Gasteiger partial charge in [0.2, 0.25) is 0 Å². The van der Waals surface area contributed by atoms with Crippen LogP contribution in [0.15, 0.2) is 24.8 Å². The second-order valence-corrected chi connectivity index (χ2v) is 3.18. The fourth-order valence-electron chi connectivity index (χ4n) is 1.16. The van der Waals surface area contributed by atoms with Gasteiger partial charge in [0.15, 0.2) is 0 Å². The van der Waals surface area contributed by atoms with Crippen molar-refractivity contribution in [2.24, 2.45) is 0 Å². The molecule has 0 atom stereocenters. The van der Waals surface area contributed by atoms with Crippen LogP contribution < -0.4 is 0 Å². The lowest BCUT2D eigenvalue weighted by atomic mass is 10.00. The number of benzene rings is 1. The van der Waals surface area contributed by atoms with Crippen LogP contribution in [0, 0.1) is 0 Å². The summed E-state index contributed by atoms with van der Waals surface area (Å²) in [5.41, 5.74) is 2.03. The average molecular weight is 162 g/mol. The molecule has 0 amide bonds. The highest BCUT2D eigenvalue weighted by Gasteiger charge is 2.04. The SMILES string of the molecule is C=Cc1ccc(O)c(C(C)C)c1. The van der Waals surface area contributed by atoms with Gasteiger partial charge in [-0.25, -0.2) is 0 Å². The van der Waals surface area contributed by atoms with Gasteiger partial charge in [-0.2, -0.15) is 0 Å². The summed E-state index contributed by atoms with van der Waals surface area (Å²) in [7, 11) is 0. The molecule has 1 aromatic rings. The van der Waals surface area contributed by atoms with Crippen molar-refractivity contribution >= 4 is 6.08 Å². The molecule has 0 saturated carbocycles. The third kappa shape index (κ3) is 1.67. The first-order chi connectivity index (χ1) is 5.65. The molecule has 0 aliphatic rings. The first-order valence-electron chi connectivity index (χ1n) is 4.10. The Morgan fingerprint density at radius 2 is 2.08 bits per heavy atom. The van der Waals surface area contributed by atoms with Gasteiger partial charge in [-0.05, 0) is 29.2 Å². The van der Waals surface area contributed by atoms with E-state index in [2.05, 4.69) is 20.4 Å². The van der Waals surface area contributed by atoms with Gasteiger partial charge in [0.1, 0.15) is 5.75 Å². The van der Waals surface area contributed by atoms with Crippen LogP contribution in [0.2, 0.25) is 0 Å². The summed E-state index contributed by atoms with van der Waals surface area (Å²) in [4.78, 5) is 0. The Bertz CT molecular complexity index is 287. The Morgan fingerprint density at radius 3 is 2.58 bits per heavy atom. The van der Waals surface area contributed by atoms with Gasteiger partial charge < -0.3 is 5.11 Å². The molecule has 0 aromatic heterocycles. The van der Waals surface area contributed by atoms with Gasteiger partial charge in [0, 0.05) is 0 Å². The molecular formula is C11H14O. The van der Waals surface area contributed by atoms with E-state index in [0.29, 0.717) is 11.7 Å². The second kappa shape index (κ2) is 3.44. The molecule has 1 aromatic carbocycles. The Labute approximate surface area is 73.4 Å². The molecule has 0 bridgehead atoms. The van der Waals surface area contributed by atoms with Crippen LogP contribution >= 0.6 is 0 Å². The van der Waals surface area contributed by atoms with Crippen LogP contribution in [-0.2, 0) is 0 Å². The molecule has 0 aliphatic heterocycles. The van der Waals surface area contributed by atoms with Crippen LogP contribution in [0.4, 0.5) is 0 Å². The molecule has 1 N–H and O–H groups in total. The molecule has 0 heterocycles. The lowest BCUT2D eigenvalue weighted by molar-refractivity contribution is 0.465. The minimum absolute atomic E-state index is 0.352. The summed E-state index contributed by atoms with van der Waals surface area (Å²) in [5, 5.41) is 9.47. The topological polar surface area (TPSA) is 20.2 Å². The van der Waals surface area contributed by atoms with Crippen molar-refractivity contribution in [3.05, 3.63) is 35.9 Å². The van der Waals surface area contributed by atoms with E-state index < -0.39 is 0 Å². The number of phenolic OH excluding ortho intramolecular Hbond substituents is 1. The third-order valence-electron chi connectivity index (χ3n) is 1.91. The molecule has 0 fully saturated rings. The van der Waals surface area contributed by atoms with E-state index in [1.807, 2.05) is 12.1 Å². The third-order valence-corrected chi connectivity index (χ3v) is 1.91. The number of aromatic hydroxyl groups is 1. The maximum absolute atomic E-state index is 9.47. The van der Waals surface area contributed by atoms with Crippen LogP contribution in [0.3, 0.4) is 0 Å².